The standard InChI is InChI=1S/2C14H11.2ClH.Hf/c2*1-10-5-4-7-12-9-11-6-2-3-8-13(11)14(10)12;;;/h2*2-6,8H,9H2,1H3;2*1H;/q;;;;+2/p-2. The van der Waals surface area contributed by atoms with E-state index in [0.29, 0.717) is 0 Å². The zero-order chi connectivity index (χ0) is 21.3. The Labute approximate surface area is 195 Å². The van der Waals surface area contributed by atoms with Gasteiger partial charge in [-0.2, -0.15) is 0 Å². The maximum absolute atomic E-state index is 7.53. The molecular weight excluding hydrogens is 586 g/mol. The third-order valence-electron chi connectivity index (χ3n) is 7.03. The first-order valence-corrected chi connectivity index (χ1v) is 23.3. The average molecular weight is 608 g/mol. The van der Waals surface area contributed by atoms with Crippen LogP contribution in [0.2, 0.25) is 0 Å². The Morgan fingerprint density at radius 2 is 1.00 bits per heavy atom. The van der Waals surface area contributed by atoms with Crippen LogP contribution in [-0.2, 0) is 30.4 Å². The van der Waals surface area contributed by atoms with Crippen LogP contribution in [0.3, 0.4) is 0 Å². The number of hydrogen-bond donors (Lipinski definition) is 0. The van der Waals surface area contributed by atoms with Gasteiger partial charge in [0.1, 0.15) is 0 Å². The van der Waals surface area contributed by atoms with Crippen LogP contribution in [-0.4, -0.2) is 0 Å². The van der Waals surface area contributed by atoms with Crippen LogP contribution >= 0.6 is 17.2 Å². The molecule has 0 saturated heterocycles. The first kappa shape index (κ1) is 20.0. The predicted molar refractivity (Wildman–Crippen MR) is 130 cm³/mol. The summed E-state index contributed by atoms with van der Waals surface area (Å²) in [4.78, 5) is 0. The second-order valence-electron chi connectivity index (χ2n) is 8.81. The molecule has 31 heavy (non-hydrogen) atoms. The fourth-order valence-corrected chi connectivity index (χ4v) is 18.8. The number of hydrogen-bond acceptors (Lipinski definition) is 0. The normalized spacial score (nSPS) is 13.5. The summed E-state index contributed by atoms with van der Waals surface area (Å²) >= 11 is -4.05. The van der Waals surface area contributed by atoms with Crippen LogP contribution in [0.25, 0.3) is 22.3 Å². The number of benzene rings is 4. The molecule has 3 heteroatoms. The van der Waals surface area contributed by atoms with E-state index in [4.69, 9.17) is 17.2 Å². The molecule has 0 nitrogen and oxygen atoms in total. The van der Waals surface area contributed by atoms with Crippen LogP contribution in [0.4, 0.5) is 0 Å². The summed E-state index contributed by atoms with van der Waals surface area (Å²) in [7, 11) is 15.1. The van der Waals surface area contributed by atoms with Crippen molar-refractivity contribution in [3.05, 3.63) is 106 Å². The Morgan fingerprint density at radius 3 is 1.45 bits per heavy atom. The molecule has 0 amide bonds. The van der Waals surface area contributed by atoms with Crippen molar-refractivity contribution in [3.63, 3.8) is 0 Å². The van der Waals surface area contributed by atoms with E-state index in [9.17, 15) is 0 Å². The van der Waals surface area contributed by atoms with Gasteiger partial charge in [0, 0.05) is 0 Å². The Hall–Kier alpha value is -1.67. The van der Waals surface area contributed by atoms with Gasteiger partial charge in [0.05, 0.1) is 0 Å². The predicted octanol–water partition coefficient (Wildman–Crippen LogP) is 6.86. The molecule has 152 valence electrons. The molecule has 0 bridgehead atoms. The molecule has 0 unspecified atom stereocenters. The fraction of sp³-hybridized carbons (Fsp3) is 0.143. The summed E-state index contributed by atoms with van der Waals surface area (Å²) in [6, 6.07) is 26.4. The average Bonchev–Trinajstić information content (AvgIpc) is 3.33. The second kappa shape index (κ2) is 7.17. The topological polar surface area (TPSA) is 0 Å². The maximum atomic E-state index is 7.53. The van der Waals surface area contributed by atoms with Gasteiger partial charge in [-0.25, -0.2) is 0 Å². The van der Waals surface area contributed by atoms with Gasteiger partial charge >= 0.3 is 197 Å². The van der Waals surface area contributed by atoms with Gasteiger partial charge in [-0.1, -0.05) is 0 Å². The van der Waals surface area contributed by atoms with Crippen molar-refractivity contribution in [1.82, 2.24) is 0 Å². The molecule has 2 aliphatic rings. The van der Waals surface area contributed by atoms with E-state index < -0.39 is 17.6 Å². The molecule has 4 aromatic rings. The van der Waals surface area contributed by atoms with Gasteiger partial charge in [0.2, 0.25) is 0 Å². The molecule has 2 aliphatic carbocycles. The molecule has 0 aliphatic heterocycles. The first-order valence-electron chi connectivity index (χ1n) is 10.8. The van der Waals surface area contributed by atoms with Crippen LogP contribution < -0.4 is 6.64 Å². The van der Waals surface area contributed by atoms with Crippen LogP contribution in [0.1, 0.15) is 33.4 Å². The molecule has 0 aromatic heterocycles. The molecule has 0 heterocycles. The summed E-state index contributed by atoms with van der Waals surface area (Å²) in [6.07, 6.45) is 1.86. The number of aryl methyl sites for hydroxylation is 2. The Bertz CT molecular complexity index is 1280. The summed E-state index contributed by atoms with van der Waals surface area (Å²) in [5, 5.41) is 0. The molecule has 6 rings (SSSR count). The monoisotopic (exact) mass is 608 g/mol. The van der Waals surface area contributed by atoms with Gasteiger partial charge in [0.15, 0.2) is 0 Å². The molecule has 0 saturated carbocycles. The number of rotatable bonds is 2. The molecule has 4 aromatic carbocycles. The SMILES string of the molecule is Cc1cc[c]([Hf]([Cl])([Cl])[c]2ccc(C)c3c2Cc2ccccc2-3)c2c1-c1ccccc1C2. The quantitative estimate of drug-likeness (QED) is 0.189. The molecule has 0 atom stereocenters. The second-order valence-corrected chi connectivity index (χ2v) is 27.7. The van der Waals surface area contributed by atoms with E-state index in [1.54, 1.807) is 0 Å². The van der Waals surface area contributed by atoms with Gasteiger partial charge in [-0.05, 0) is 0 Å². The van der Waals surface area contributed by atoms with E-state index in [0.717, 1.165) is 12.8 Å². The van der Waals surface area contributed by atoms with Crippen molar-refractivity contribution in [1.29, 1.82) is 0 Å². The van der Waals surface area contributed by atoms with Crippen molar-refractivity contribution in [3.8, 4) is 22.3 Å². The van der Waals surface area contributed by atoms with E-state index in [1.807, 2.05) is 0 Å². The molecule has 0 fully saturated rings. The van der Waals surface area contributed by atoms with Gasteiger partial charge < -0.3 is 0 Å². The fourth-order valence-electron chi connectivity index (χ4n) is 5.60. The minimum absolute atomic E-state index is 0.929. The van der Waals surface area contributed by atoms with Crippen LogP contribution in [0.5, 0.6) is 0 Å². The van der Waals surface area contributed by atoms with Crippen LogP contribution in [0.15, 0.2) is 72.8 Å². The van der Waals surface area contributed by atoms with Crippen molar-refractivity contribution < 1.29 is 17.6 Å². The van der Waals surface area contributed by atoms with Crippen LogP contribution in [0, 0.1) is 13.8 Å². The molecular formula is C28H22Cl2Hf. The zero-order valence-corrected chi connectivity index (χ0v) is 22.7. The van der Waals surface area contributed by atoms with E-state index in [1.165, 1.54) is 62.3 Å². The van der Waals surface area contributed by atoms with Crippen molar-refractivity contribution in [2.45, 2.75) is 26.7 Å². The van der Waals surface area contributed by atoms with Crippen molar-refractivity contribution in [2.24, 2.45) is 0 Å². The number of fused-ring (bicyclic) bond motifs is 6. The van der Waals surface area contributed by atoms with Crippen molar-refractivity contribution in [2.75, 3.05) is 0 Å². The van der Waals surface area contributed by atoms with Crippen molar-refractivity contribution >= 4 is 23.8 Å². The number of halogens is 2. The summed E-state index contributed by atoms with van der Waals surface area (Å²) in [5.74, 6) is 0. The molecule has 0 spiro atoms. The van der Waals surface area contributed by atoms with Gasteiger partial charge in [0.25, 0.3) is 0 Å². The summed E-state index contributed by atoms with van der Waals surface area (Å²) in [6.45, 7) is 4.40. The molecule has 0 radical (unpaired) electrons. The van der Waals surface area contributed by atoms with E-state index in [2.05, 4.69) is 86.6 Å². The third-order valence-corrected chi connectivity index (χ3v) is 21.9. The van der Waals surface area contributed by atoms with E-state index in [-0.39, 0.29) is 0 Å². The zero-order valence-electron chi connectivity index (χ0n) is 17.6. The Morgan fingerprint density at radius 1 is 0.581 bits per heavy atom. The van der Waals surface area contributed by atoms with E-state index >= 15 is 0 Å². The Balaban J connectivity index is 1.56. The van der Waals surface area contributed by atoms with Gasteiger partial charge in [-0.15, -0.1) is 0 Å². The summed E-state index contributed by atoms with van der Waals surface area (Å²) < 4.78 is 2.46. The third kappa shape index (κ3) is 2.90. The molecule has 0 N–H and O–H groups in total. The van der Waals surface area contributed by atoms with Gasteiger partial charge in [-0.3, -0.25) is 0 Å². The summed E-state index contributed by atoms with van der Waals surface area (Å²) in [5.41, 5.74) is 13.5. The first-order chi connectivity index (χ1) is 15.0. The minimum atomic E-state index is -4.05. The Kier molecular flexibility index (Phi) is 4.62.